The van der Waals surface area contributed by atoms with Crippen molar-refractivity contribution >= 4 is 27.0 Å². The van der Waals surface area contributed by atoms with Crippen LogP contribution in [-0.4, -0.2) is 18.2 Å². The summed E-state index contributed by atoms with van der Waals surface area (Å²) in [4.78, 5) is 0.617. The van der Waals surface area contributed by atoms with Crippen molar-refractivity contribution in [2.45, 2.75) is 24.8 Å². The zero-order valence-corrected chi connectivity index (χ0v) is 15.0. The van der Waals surface area contributed by atoms with Crippen molar-refractivity contribution in [1.82, 2.24) is 9.78 Å². The Kier molecular flexibility index (Phi) is 4.61. The van der Waals surface area contributed by atoms with Gasteiger partial charge in [-0.15, -0.1) is 11.3 Å². The SMILES string of the molecule is CC(C)n1cc(S(=O)(=O)Nc2ccc(F)cc2F)c(-c2cccs2)n1. The number of benzene rings is 1. The summed E-state index contributed by atoms with van der Waals surface area (Å²) >= 11 is 1.35. The highest BCUT2D eigenvalue weighted by molar-refractivity contribution is 7.92. The van der Waals surface area contributed by atoms with Gasteiger partial charge < -0.3 is 0 Å². The van der Waals surface area contributed by atoms with Crippen LogP contribution in [0.5, 0.6) is 0 Å². The molecule has 9 heteroatoms. The molecule has 2 aromatic heterocycles. The molecule has 0 atom stereocenters. The van der Waals surface area contributed by atoms with E-state index >= 15 is 0 Å². The van der Waals surface area contributed by atoms with Gasteiger partial charge in [0.1, 0.15) is 22.2 Å². The molecule has 25 heavy (non-hydrogen) atoms. The molecule has 2 heterocycles. The highest BCUT2D eigenvalue weighted by Gasteiger charge is 2.26. The van der Waals surface area contributed by atoms with E-state index in [-0.39, 0.29) is 16.6 Å². The molecular formula is C16H15F2N3O2S2. The summed E-state index contributed by atoms with van der Waals surface area (Å²) in [6.07, 6.45) is 1.41. The highest BCUT2D eigenvalue weighted by Crippen LogP contribution is 2.32. The number of halogens is 2. The third-order valence-corrected chi connectivity index (χ3v) is 5.69. The summed E-state index contributed by atoms with van der Waals surface area (Å²) in [5.41, 5.74) is -0.0328. The fraction of sp³-hybridized carbons (Fsp3) is 0.188. The fourth-order valence-electron chi connectivity index (χ4n) is 2.19. The third kappa shape index (κ3) is 3.57. The minimum absolute atomic E-state index is 0.0507. The van der Waals surface area contributed by atoms with Gasteiger partial charge in [-0.2, -0.15) is 5.10 Å². The molecule has 0 spiro atoms. The van der Waals surface area contributed by atoms with Gasteiger partial charge in [0, 0.05) is 18.3 Å². The van der Waals surface area contributed by atoms with E-state index in [2.05, 4.69) is 9.82 Å². The number of nitrogens with zero attached hydrogens (tertiary/aromatic N) is 2. The molecule has 132 valence electrons. The zero-order valence-electron chi connectivity index (χ0n) is 13.4. The predicted octanol–water partition coefficient (Wildman–Crippen LogP) is 4.27. The van der Waals surface area contributed by atoms with Crippen molar-refractivity contribution in [3.05, 3.63) is 53.5 Å². The van der Waals surface area contributed by atoms with Crippen LogP contribution in [0.2, 0.25) is 0 Å². The number of rotatable bonds is 5. The molecule has 0 unspecified atom stereocenters. The van der Waals surface area contributed by atoms with Gasteiger partial charge >= 0.3 is 0 Å². The lowest BCUT2D eigenvalue weighted by Crippen LogP contribution is -2.14. The van der Waals surface area contributed by atoms with Crippen LogP contribution in [0.15, 0.2) is 46.8 Å². The maximum absolute atomic E-state index is 13.8. The van der Waals surface area contributed by atoms with Gasteiger partial charge in [-0.3, -0.25) is 9.40 Å². The molecule has 5 nitrogen and oxygen atoms in total. The van der Waals surface area contributed by atoms with Crippen LogP contribution in [0.1, 0.15) is 19.9 Å². The monoisotopic (exact) mass is 383 g/mol. The van der Waals surface area contributed by atoms with Gasteiger partial charge in [0.05, 0.1) is 10.6 Å². The number of sulfonamides is 1. The van der Waals surface area contributed by atoms with Crippen molar-refractivity contribution in [1.29, 1.82) is 0 Å². The number of nitrogens with one attached hydrogen (secondary N) is 1. The van der Waals surface area contributed by atoms with Crippen LogP contribution in [0, 0.1) is 11.6 Å². The minimum atomic E-state index is -4.11. The molecule has 0 radical (unpaired) electrons. The molecule has 3 rings (SSSR count). The van der Waals surface area contributed by atoms with E-state index < -0.39 is 21.7 Å². The first-order valence-electron chi connectivity index (χ1n) is 7.39. The Hall–Kier alpha value is -2.26. The van der Waals surface area contributed by atoms with E-state index in [1.165, 1.54) is 22.2 Å². The Morgan fingerprint density at radius 2 is 2.00 bits per heavy atom. The molecule has 0 bridgehead atoms. The normalized spacial score (nSPS) is 11.9. The van der Waals surface area contributed by atoms with Gasteiger partial charge in [-0.05, 0) is 37.4 Å². The van der Waals surface area contributed by atoms with E-state index in [0.717, 1.165) is 12.1 Å². The van der Waals surface area contributed by atoms with Gasteiger partial charge in [0.2, 0.25) is 0 Å². The number of hydrogen-bond acceptors (Lipinski definition) is 4. The third-order valence-electron chi connectivity index (χ3n) is 3.45. The second kappa shape index (κ2) is 6.57. The molecule has 0 saturated carbocycles. The number of hydrogen-bond donors (Lipinski definition) is 1. The van der Waals surface area contributed by atoms with Gasteiger partial charge in [-0.25, -0.2) is 17.2 Å². The van der Waals surface area contributed by atoms with Gasteiger partial charge in [0.15, 0.2) is 0 Å². The molecule has 1 aromatic carbocycles. The molecular weight excluding hydrogens is 368 g/mol. The van der Waals surface area contributed by atoms with Crippen LogP contribution < -0.4 is 4.72 Å². The van der Waals surface area contributed by atoms with Crippen LogP contribution in [0.25, 0.3) is 10.6 Å². The Balaban J connectivity index is 2.07. The van der Waals surface area contributed by atoms with Crippen molar-refractivity contribution in [2.24, 2.45) is 0 Å². The van der Waals surface area contributed by atoms with Gasteiger partial charge in [0.25, 0.3) is 10.0 Å². The Morgan fingerprint density at radius 3 is 2.60 bits per heavy atom. The summed E-state index contributed by atoms with van der Waals surface area (Å²) in [6, 6.07) is 6.14. The molecule has 0 aliphatic carbocycles. The molecule has 0 aliphatic heterocycles. The van der Waals surface area contributed by atoms with Crippen molar-refractivity contribution in [3.8, 4) is 10.6 Å². The maximum atomic E-state index is 13.8. The molecule has 0 fully saturated rings. The van der Waals surface area contributed by atoms with Gasteiger partial charge in [-0.1, -0.05) is 6.07 Å². The average molecular weight is 383 g/mol. The highest BCUT2D eigenvalue weighted by atomic mass is 32.2. The predicted molar refractivity (Wildman–Crippen MR) is 93.1 cm³/mol. The second-order valence-electron chi connectivity index (χ2n) is 5.62. The maximum Gasteiger partial charge on any atom is 0.265 e. The first-order chi connectivity index (χ1) is 11.8. The first-order valence-corrected chi connectivity index (χ1v) is 9.75. The van der Waals surface area contributed by atoms with Crippen LogP contribution in [0.3, 0.4) is 0 Å². The lowest BCUT2D eigenvalue weighted by atomic mass is 10.3. The second-order valence-corrected chi connectivity index (χ2v) is 8.22. The van der Waals surface area contributed by atoms with Crippen molar-refractivity contribution < 1.29 is 17.2 Å². The summed E-state index contributed by atoms with van der Waals surface area (Å²) in [5.74, 6) is -1.77. The first kappa shape index (κ1) is 17.6. The molecule has 0 amide bonds. The molecule has 1 N–H and O–H groups in total. The summed E-state index contributed by atoms with van der Waals surface area (Å²) in [7, 11) is -4.11. The number of anilines is 1. The Morgan fingerprint density at radius 1 is 1.24 bits per heavy atom. The topological polar surface area (TPSA) is 64.0 Å². The van der Waals surface area contributed by atoms with Crippen molar-refractivity contribution in [3.63, 3.8) is 0 Å². The quantitative estimate of drug-likeness (QED) is 0.716. The van der Waals surface area contributed by atoms with E-state index in [1.54, 1.807) is 12.1 Å². The largest absolute Gasteiger partial charge is 0.277 e. The Labute approximate surface area is 148 Å². The number of aromatic nitrogens is 2. The number of thiophene rings is 1. The lowest BCUT2D eigenvalue weighted by Gasteiger charge is -2.08. The summed E-state index contributed by atoms with van der Waals surface area (Å²) < 4.78 is 56.1. The molecule has 0 aliphatic rings. The van der Waals surface area contributed by atoms with Crippen LogP contribution in [-0.2, 0) is 10.0 Å². The molecule has 0 saturated heterocycles. The zero-order chi connectivity index (χ0) is 18.2. The summed E-state index contributed by atoms with van der Waals surface area (Å²) in [5, 5.41) is 6.16. The van der Waals surface area contributed by atoms with E-state index in [0.29, 0.717) is 16.6 Å². The Bertz CT molecular complexity index is 997. The average Bonchev–Trinajstić information content (AvgIpc) is 3.18. The van der Waals surface area contributed by atoms with Crippen molar-refractivity contribution in [2.75, 3.05) is 4.72 Å². The minimum Gasteiger partial charge on any atom is -0.277 e. The summed E-state index contributed by atoms with van der Waals surface area (Å²) in [6.45, 7) is 3.74. The van der Waals surface area contributed by atoms with Crippen LogP contribution in [0.4, 0.5) is 14.5 Å². The van der Waals surface area contributed by atoms with E-state index in [9.17, 15) is 17.2 Å². The van der Waals surface area contributed by atoms with Crippen LogP contribution >= 0.6 is 11.3 Å². The smallest absolute Gasteiger partial charge is 0.265 e. The fourth-order valence-corrected chi connectivity index (χ4v) is 4.20. The molecule has 3 aromatic rings. The van der Waals surface area contributed by atoms with E-state index in [4.69, 9.17) is 0 Å². The lowest BCUT2D eigenvalue weighted by molar-refractivity contribution is 0.532. The van der Waals surface area contributed by atoms with E-state index in [1.807, 2.05) is 19.2 Å². The standard InChI is InChI=1S/C16H15F2N3O2S2/c1-10(2)21-9-15(16(19-21)14-4-3-7-24-14)25(22,23)20-13-6-5-11(17)8-12(13)18/h3-10,20H,1-2H3.